The summed E-state index contributed by atoms with van der Waals surface area (Å²) in [5.74, 6) is 0. The van der Waals surface area contributed by atoms with Crippen molar-refractivity contribution < 1.29 is 25.9 Å². The van der Waals surface area contributed by atoms with Crippen LogP contribution in [-0.2, 0) is 0 Å². The van der Waals surface area contributed by atoms with Crippen LogP contribution in [0.1, 0.15) is 39.5 Å². The molecule has 0 rings (SSSR count). The molecular formula is C14H34BrN2+. The van der Waals surface area contributed by atoms with Crippen molar-refractivity contribution in [2.75, 3.05) is 54.4 Å². The fourth-order valence-corrected chi connectivity index (χ4v) is 1.75. The van der Waals surface area contributed by atoms with E-state index in [1.165, 1.54) is 60.8 Å². The molecule has 0 N–H and O–H groups in total. The number of halogens is 1. The van der Waals surface area contributed by atoms with Gasteiger partial charge >= 0.3 is 0 Å². The molecule has 0 fully saturated rings. The van der Waals surface area contributed by atoms with Gasteiger partial charge in [0.05, 0.1) is 54.4 Å². The Bertz CT molecular complexity index is 159. The fourth-order valence-electron chi connectivity index (χ4n) is 1.75. The third-order valence-electron chi connectivity index (χ3n) is 3.99. The molecule has 0 aliphatic carbocycles. The molecule has 2 nitrogen and oxygen atoms in total. The van der Waals surface area contributed by atoms with Gasteiger partial charge in [0, 0.05) is 0 Å². The van der Waals surface area contributed by atoms with Crippen molar-refractivity contribution in [2.24, 2.45) is 0 Å². The van der Waals surface area contributed by atoms with Gasteiger partial charge in [0.2, 0.25) is 0 Å². The van der Waals surface area contributed by atoms with E-state index in [-0.39, 0.29) is 17.0 Å². The minimum atomic E-state index is 0. The summed E-state index contributed by atoms with van der Waals surface area (Å²) >= 11 is 0. The zero-order valence-electron chi connectivity index (χ0n) is 12.9. The molecule has 0 aromatic carbocycles. The summed E-state index contributed by atoms with van der Waals surface area (Å²) in [5.41, 5.74) is 0. The standard InChI is InChI=1S/C14H34N2.BrH/c1-7-15(3,4)13-11-9-10-12-14-16(5,6)8-2;/h7-14H2,1-6H3;1H/q+2;/p-1. The maximum absolute atomic E-state index is 2.33. The summed E-state index contributed by atoms with van der Waals surface area (Å²) < 4.78 is 2.35. The molecule has 0 atom stereocenters. The minimum Gasteiger partial charge on any atom is -1.00 e. The maximum atomic E-state index is 2.33. The van der Waals surface area contributed by atoms with Gasteiger partial charge < -0.3 is 25.9 Å². The Balaban J connectivity index is 0. The van der Waals surface area contributed by atoms with Crippen LogP contribution in [0.5, 0.6) is 0 Å². The van der Waals surface area contributed by atoms with Gasteiger partial charge in [-0.15, -0.1) is 0 Å². The van der Waals surface area contributed by atoms with Crippen LogP contribution < -0.4 is 17.0 Å². The van der Waals surface area contributed by atoms with Crippen molar-refractivity contribution in [3.8, 4) is 0 Å². The van der Waals surface area contributed by atoms with Crippen molar-refractivity contribution in [1.29, 1.82) is 0 Å². The topological polar surface area (TPSA) is 0 Å². The summed E-state index contributed by atoms with van der Waals surface area (Å²) in [7, 11) is 9.32. The lowest BCUT2D eigenvalue weighted by Crippen LogP contribution is -3.00. The van der Waals surface area contributed by atoms with E-state index in [0.717, 1.165) is 0 Å². The third kappa shape index (κ3) is 11.2. The molecule has 0 aromatic heterocycles. The van der Waals surface area contributed by atoms with Crippen LogP contribution in [0.3, 0.4) is 0 Å². The van der Waals surface area contributed by atoms with Crippen molar-refractivity contribution in [3.63, 3.8) is 0 Å². The normalized spacial score (nSPS) is 12.4. The monoisotopic (exact) mass is 309 g/mol. The first-order valence-electron chi connectivity index (χ1n) is 6.97. The number of nitrogens with zero attached hydrogens (tertiary/aromatic N) is 2. The smallest absolute Gasteiger partial charge is 0.0782 e. The molecule has 0 aliphatic heterocycles. The fraction of sp³-hybridized carbons (Fsp3) is 1.00. The average molecular weight is 310 g/mol. The molecular weight excluding hydrogens is 276 g/mol. The van der Waals surface area contributed by atoms with Gasteiger partial charge in [-0.25, -0.2) is 0 Å². The molecule has 0 aromatic rings. The summed E-state index contributed by atoms with van der Waals surface area (Å²) in [6.45, 7) is 9.73. The molecule has 106 valence electrons. The van der Waals surface area contributed by atoms with Crippen molar-refractivity contribution in [3.05, 3.63) is 0 Å². The Morgan fingerprint density at radius 2 is 0.882 bits per heavy atom. The van der Waals surface area contributed by atoms with Crippen LogP contribution in [-0.4, -0.2) is 63.3 Å². The average Bonchev–Trinajstić information content (AvgIpc) is 2.23. The lowest BCUT2D eigenvalue weighted by Gasteiger charge is -2.29. The van der Waals surface area contributed by atoms with Gasteiger partial charge in [-0.1, -0.05) is 0 Å². The van der Waals surface area contributed by atoms with Gasteiger partial charge in [0.1, 0.15) is 0 Å². The van der Waals surface area contributed by atoms with E-state index in [1.54, 1.807) is 0 Å². The zero-order valence-corrected chi connectivity index (χ0v) is 14.5. The molecule has 0 aliphatic rings. The predicted molar refractivity (Wildman–Crippen MR) is 73.5 cm³/mol. The SMILES string of the molecule is CC[N+](C)(C)CCCCCC[N+](C)(C)CC.[Br-]. The Kier molecular flexibility index (Phi) is 10.8. The highest BCUT2D eigenvalue weighted by atomic mass is 79.9. The predicted octanol–water partition coefficient (Wildman–Crippen LogP) is -0.257. The van der Waals surface area contributed by atoms with Gasteiger partial charge in [0.25, 0.3) is 0 Å². The van der Waals surface area contributed by atoms with Crippen LogP contribution in [0, 0.1) is 0 Å². The highest BCUT2D eigenvalue weighted by Gasteiger charge is 2.12. The molecule has 0 amide bonds. The molecule has 3 heteroatoms. The second kappa shape index (κ2) is 9.35. The third-order valence-corrected chi connectivity index (χ3v) is 3.99. The summed E-state index contributed by atoms with van der Waals surface area (Å²) in [6, 6.07) is 0. The lowest BCUT2D eigenvalue weighted by atomic mass is 10.1. The number of hydrogen-bond acceptors (Lipinski definition) is 0. The van der Waals surface area contributed by atoms with Gasteiger partial charge in [-0.05, 0) is 39.5 Å². The van der Waals surface area contributed by atoms with Gasteiger partial charge in [-0.3, -0.25) is 0 Å². The van der Waals surface area contributed by atoms with Crippen LogP contribution in [0.25, 0.3) is 0 Å². The Morgan fingerprint density at radius 1 is 0.588 bits per heavy atom. The highest BCUT2D eigenvalue weighted by Crippen LogP contribution is 2.07. The van der Waals surface area contributed by atoms with Gasteiger partial charge in [-0.2, -0.15) is 0 Å². The minimum absolute atomic E-state index is 0. The molecule has 0 radical (unpaired) electrons. The first-order valence-corrected chi connectivity index (χ1v) is 6.97. The summed E-state index contributed by atoms with van der Waals surface area (Å²) in [6.07, 6.45) is 5.59. The molecule has 17 heavy (non-hydrogen) atoms. The van der Waals surface area contributed by atoms with E-state index in [1.807, 2.05) is 0 Å². The molecule has 0 saturated carbocycles. The van der Waals surface area contributed by atoms with Crippen molar-refractivity contribution in [1.82, 2.24) is 0 Å². The zero-order chi connectivity index (χ0) is 12.7. The second-order valence-corrected chi connectivity index (χ2v) is 6.37. The van der Waals surface area contributed by atoms with Gasteiger partial charge in [0.15, 0.2) is 0 Å². The number of unbranched alkanes of at least 4 members (excludes halogenated alkanes) is 3. The van der Waals surface area contributed by atoms with Crippen LogP contribution >= 0.6 is 0 Å². The van der Waals surface area contributed by atoms with Crippen molar-refractivity contribution in [2.45, 2.75) is 39.5 Å². The molecule has 0 saturated heterocycles. The molecule has 0 heterocycles. The summed E-state index contributed by atoms with van der Waals surface area (Å²) in [4.78, 5) is 0. The van der Waals surface area contributed by atoms with Crippen LogP contribution in [0.2, 0.25) is 0 Å². The molecule has 0 spiro atoms. The maximum Gasteiger partial charge on any atom is 0.0782 e. The molecule has 0 unspecified atom stereocenters. The van der Waals surface area contributed by atoms with E-state index >= 15 is 0 Å². The van der Waals surface area contributed by atoms with Crippen molar-refractivity contribution >= 4 is 0 Å². The first kappa shape index (κ1) is 19.7. The van der Waals surface area contributed by atoms with Crippen LogP contribution in [0.15, 0.2) is 0 Å². The number of hydrogen-bond donors (Lipinski definition) is 0. The molecule has 0 bridgehead atoms. The van der Waals surface area contributed by atoms with E-state index in [0.29, 0.717) is 0 Å². The quantitative estimate of drug-likeness (QED) is 0.407. The second-order valence-electron chi connectivity index (χ2n) is 6.37. The van der Waals surface area contributed by atoms with E-state index in [4.69, 9.17) is 0 Å². The van der Waals surface area contributed by atoms with Crippen LogP contribution in [0.4, 0.5) is 0 Å². The lowest BCUT2D eigenvalue weighted by molar-refractivity contribution is -0.889. The first-order chi connectivity index (χ1) is 7.33. The Morgan fingerprint density at radius 3 is 1.12 bits per heavy atom. The largest absolute Gasteiger partial charge is 1.00 e. The highest BCUT2D eigenvalue weighted by molar-refractivity contribution is 4.43. The van der Waals surface area contributed by atoms with E-state index in [9.17, 15) is 0 Å². The van der Waals surface area contributed by atoms with E-state index < -0.39 is 0 Å². The number of rotatable bonds is 9. The summed E-state index contributed by atoms with van der Waals surface area (Å²) in [5, 5.41) is 0. The van der Waals surface area contributed by atoms with E-state index in [2.05, 4.69) is 42.0 Å². The Hall–Kier alpha value is 0.400. The number of quaternary nitrogens is 2. The Labute approximate surface area is 120 Å².